The molecular formula is C40H36O2. The molecule has 1 unspecified atom stereocenters. The highest BCUT2D eigenvalue weighted by atomic mass is 16.3. The number of allylic oxidation sites excluding steroid dienone is 5. The van der Waals surface area contributed by atoms with Crippen LogP contribution in [-0.4, -0.2) is 10.2 Å². The fourth-order valence-electron chi connectivity index (χ4n) is 6.84. The second-order valence-corrected chi connectivity index (χ2v) is 12.9. The molecule has 0 saturated carbocycles. The summed E-state index contributed by atoms with van der Waals surface area (Å²) in [5.74, 6) is 0.290. The van der Waals surface area contributed by atoms with E-state index in [0.717, 1.165) is 50.6 Å². The molecule has 5 aromatic rings. The Morgan fingerprint density at radius 1 is 0.643 bits per heavy atom. The SMILES string of the molecule is CC(C)(O)c1ccc2ccccc2c1C1=CC2=Cc3ccc(-c4c(C(C)(C)O)ccc5ccccc45)cc3CC2C=C1. The number of hydrogen-bond acceptors (Lipinski definition) is 2. The maximum absolute atomic E-state index is 11.1. The highest BCUT2D eigenvalue weighted by Gasteiger charge is 2.28. The van der Waals surface area contributed by atoms with Crippen LogP contribution in [0.1, 0.15) is 55.5 Å². The minimum Gasteiger partial charge on any atom is -0.386 e. The van der Waals surface area contributed by atoms with Crippen molar-refractivity contribution >= 4 is 33.2 Å². The minimum absolute atomic E-state index is 0.290. The maximum atomic E-state index is 11.1. The molecule has 0 aliphatic heterocycles. The summed E-state index contributed by atoms with van der Waals surface area (Å²) in [7, 11) is 0. The minimum atomic E-state index is -0.960. The molecule has 2 nitrogen and oxygen atoms in total. The van der Waals surface area contributed by atoms with E-state index in [1.54, 1.807) is 0 Å². The van der Waals surface area contributed by atoms with Crippen LogP contribution in [0.2, 0.25) is 0 Å². The van der Waals surface area contributed by atoms with Gasteiger partial charge in [0.2, 0.25) is 0 Å². The molecule has 1 atom stereocenters. The molecule has 0 amide bonds. The summed E-state index contributed by atoms with van der Waals surface area (Å²) in [4.78, 5) is 0. The van der Waals surface area contributed by atoms with Crippen LogP contribution < -0.4 is 0 Å². The van der Waals surface area contributed by atoms with Crippen molar-refractivity contribution in [2.45, 2.75) is 45.3 Å². The second-order valence-electron chi connectivity index (χ2n) is 12.9. The molecule has 0 radical (unpaired) electrons. The fourth-order valence-corrected chi connectivity index (χ4v) is 6.84. The second kappa shape index (κ2) is 9.66. The maximum Gasteiger partial charge on any atom is 0.0846 e. The summed E-state index contributed by atoms with van der Waals surface area (Å²) in [5.41, 5.74) is 8.30. The average Bonchev–Trinajstić information content (AvgIpc) is 2.97. The Labute approximate surface area is 248 Å². The van der Waals surface area contributed by atoms with Crippen LogP contribution in [0, 0.1) is 5.92 Å². The lowest BCUT2D eigenvalue weighted by molar-refractivity contribution is 0.0782. The molecule has 0 bridgehead atoms. The van der Waals surface area contributed by atoms with Gasteiger partial charge >= 0.3 is 0 Å². The molecule has 2 aliphatic rings. The molecule has 0 spiro atoms. The van der Waals surface area contributed by atoms with E-state index in [-0.39, 0.29) is 0 Å². The van der Waals surface area contributed by atoms with Crippen molar-refractivity contribution in [3.05, 3.63) is 143 Å². The summed E-state index contributed by atoms with van der Waals surface area (Å²) in [6.07, 6.45) is 10.1. The van der Waals surface area contributed by atoms with Crippen molar-refractivity contribution in [1.29, 1.82) is 0 Å². The van der Waals surface area contributed by atoms with Gasteiger partial charge in [0.1, 0.15) is 0 Å². The van der Waals surface area contributed by atoms with Crippen LogP contribution in [-0.2, 0) is 17.6 Å². The monoisotopic (exact) mass is 548 g/mol. The molecule has 5 aromatic carbocycles. The predicted molar refractivity (Wildman–Crippen MR) is 176 cm³/mol. The zero-order chi connectivity index (χ0) is 29.2. The van der Waals surface area contributed by atoms with Crippen LogP contribution in [0.25, 0.3) is 44.3 Å². The summed E-state index contributed by atoms with van der Waals surface area (Å²) >= 11 is 0. The van der Waals surface area contributed by atoms with Crippen molar-refractivity contribution in [2.24, 2.45) is 5.92 Å². The number of fused-ring (bicyclic) bond motifs is 4. The molecule has 42 heavy (non-hydrogen) atoms. The van der Waals surface area contributed by atoms with E-state index in [2.05, 4.69) is 115 Å². The highest BCUT2D eigenvalue weighted by Crippen LogP contribution is 2.43. The van der Waals surface area contributed by atoms with E-state index in [1.807, 2.05) is 27.7 Å². The Morgan fingerprint density at radius 2 is 1.24 bits per heavy atom. The normalized spacial score (nSPS) is 16.7. The van der Waals surface area contributed by atoms with Crippen LogP contribution in [0.3, 0.4) is 0 Å². The lowest BCUT2D eigenvalue weighted by atomic mass is 9.76. The Hall–Kier alpha value is -4.24. The Bertz CT molecular complexity index is 1970. The summed E-state index contributed by atoms with van der Waals surface area (Å²) < 4.78 is 0. The third-order valence-electron chi connectivity index (χ3n) is 8.92. The molecule has 0 fully saturated rings. The average molecular weight is 549 g/mol. The highest BCUT2D eigenvalue weighted by molar-refractivity contribution is 6.00. The fraction of sp³-hybridized carbons (Fsp3) is 0.200. The third kappa shape index (κ3) is 4.52. The van der Waals surface area contributed by atoms with Crippen molar-refractivity contribution in [3.63, 3.8) is 0 Å². The predicted octanol–water partition coefficient (Wildman–Crippen LogP) is 9.32. The van der Waals surface area contributed by atoms with Crippen LogP contribution in [0.4, 0.5) is 0 Å². The van der Waals surface area contributed by atoms with E-state index >= 15 is 0 Å². The molecule has 208 valence electrons. The van der Waals surface area contributed by atoms with Crippen molar-refractivity contribution in [1.82, 2.24) is 0 Å². The van der Waals surface area contributed by atoms with E-state index in [9.17, 15) is 10.2 Å². The molecule has 2 heteroatoms. The van der Waals surface area contributed by atoms with E-state index in [4.69, 9.17) is 0 Å². The molecule has 0 saturated heterocycles. The van der Waals surface area contributed by atoms with Crippen LogP contribution in [0.5, 0.6) is 0 Å². The van der Waals surface area contributed by atoms with Crippen molar-refractivity contribution < 1.29 is 10.2 Å². The molecule has 0 aromatic heterocycles. The van der Waals surface area contributed by atoms with Gasteiger partial charge in [0.05, 0.1) is 11.2 Å². The van der Waals surface area contributed by atoms with Gasteiger partial charge < -0.3 is 10.2 Å². The van der Waals surface area contributed by atoms with E-state index in [0.29, 0.717) is 5.92 Å². The van der Waals surface area contributed by atoms with Gasteiger partial charge in [-0.3, -0.25) is 0 Å². The number of rotatable bonds is 4. The first-order chi connectivity index (χ1) is 20.1. The van der Waals surface area contributed by atoms with Gasteiger partial charge in [-0.1, -0.05) is 115 Å². The van der Waals surface area contributed by atoms with Gasteiger partial charge in [-0.05, 0) is 106 Å². The Kier molecular flexibility index (Phi) is 6.13. The van der Waals surface area contributed by atoms with Gasteiger partial charge in [-0.15, -0.1) is 0 Å². The Morgan fingerprint density at radius 3 is 1.88 bits per heavy atom. The van der Waals surface area contributed by atoms with E-state index in [1.165, 1.54) is 27.5 Å². The van der Waals surface area contributed by atoms with Crippen molar-refractivity contribution in [3.8, 4) is 11.1 Å². The first-order valence-corrected chi connectivity index (χ1v) is 14.8. The van der Waals surface area contributed by atoms with Crippen molar-refractivity contribution in [2.75, 3.05) is 0 Å². The van der Waals surface area contributed by atoms with E-state index < -0.39 is 11.2 Å². The molecular weight excluding hydrogens is 512 g/mol. The number of benzene rings is 5. The summed E-state index contributed by atoms with van der Waals surface area (Å²) in [6.45, 7) is 7.46. The van der Waals surface area contributed by atoms with Gasteiger partial charge in [0, 0.05) is 5.92 Å². The number of aliphatic hydroxyl groups is 2. The lowest BCUT2D eigenvalue weighted by Gasteiger charge is -2.29. The lowest BCUT2D eigenvalue weighted by Crippen LogP contribution is -2.19. The summed E-state index contributed by atoms with van der Waals surface area (Å²) in [6, 6.07) is 32.0. The summed E-state index contributed by atoms with van der Waals surface area (Å²) in [5, 5.41) is 26.9. The largest absolute Gasteiger partial charge is 0.386 e. The topological polar surface area (TPSA) is 40.5 Å². The van der Waals surface area contributed by atoms with Gasteiger partial charge in [-0.25, -0.2) is 0 Å². The number of hydrogen-bond donors (Lipinski definition) is 2. The smallest absolute Gasteiger partial charge is 0.0846 e. The zero-order valence-corrected chi connectivity index (χ0v) is 24.6. The van der Waals surface area contributed by atoms with Crippen LogP contribution >= 0.6 is 0 Å². The van der Waals surface area contributed by atoms with Gasteiger partial charge in [0.25, 0.3) is 0 Å². The first-order valence-electron chi connectivity index (χ1n) is 14.8. The molecule has 2 aliphatic carbocycles. The third-order valence-corrected chi connectivity index (χ3v) is 8.92. The molecule has 2 N–H and O–H groups in total. The first kappa shape index (κ1) is 26.6. The standard InChI is InChI=1S/C40H36O2/c1-39(2,41)35-19-17-25-9-5-7-11-33(25)37(35)29-15-13-27-22-32-24-30(16-14-28(32)21-31(27)23-29)38-34-12-8-6-10-26(34)18-20-36(38)40(3,4)42/h5-21,23-24,27,41-42H,22H2,1-4H3. The van der Waals surface area contributed by atoms with Crippen LogP contribution in [0.15, 0.2) is 115 Å². The van der Waals surface area contributed by atoms with Gasteiger partial charge in [0.15, 0.2) is 0 Å². The van der Waals surface area contributed by atoms with Gasteiger partial charge in [-0.2, -0.15) is 0 Å². The molecule has 0 heterocycles. The Balaban J connectivity index is 1.35. The quantitative estimate of drug-likeness (QED) is 0.235. The zero-order valence-electron chi connectivity index (χ0n) is 24.6. The molecule has 7 rings (SSSR count).